The standard InChI is InChI=1S/C17H26FNO2/c1-12-4-3-5-15(8-12)21-11-14(20)10-19-17-9-13(2)6-7-16(17)18/h6-7,9,12,14-15,19-20H,3-5,8,10-11H2,1-2H3. The van der Waals surface area contributed by atoms with Crippen LogP contribution in [-0.4, -0.2) is 30.5 Å². The number of nitrogens with one attached hydrogen (secondary N) is 1. The lowest BCUT2D eigenvalue weighted by Crippen LogP contribution is -2.30. The van der Waals surface area contributed by atoms with E-state index in [1.807, 2.05) is 6.92 Å². The van der Waals surface area contributed by atoms with Gasteiger partial charge in [0.05, 0.1) is 24.5 Å². The molecule has 118 valence electrons. The lowest BCUT2D eigenvalue weighted by Gasteiger charge is -2.27. The Labute approximate surface area is 126 Å². The molecule has 0 heterocycles. The second-order valence-corrected chi connectivity index (χ2v) is 6.25. The van der Waals surface area contributed by atoms with E-state index in [4.69, 9.17) is 4.74 Å². The fraction of sp³-hybridized carbons (Fsp3) is 0.647. The number of aliphatic hydroxyl groups is 1. The molecule has 3 unspecified atom stereocenters. The van der Waals surface area contributed by atoms with Crippen LogP contribution >= 0.6 is 0 Å². The van der Waals surface area contributed by atoms with Crippen molar-refractivity contribution in [2.45, 2.75) is 51.7 Å². The van der Waals surface area contributed by atoms with Gasteiger partial charge in [0.15, 0.2) is 0 Å². The first-order valence-corrected chi connectivity index (χ1v) is 7.84. The summed E-state index contributed by atoms with van der Waals surface area (Å²) in [6.45, 7) is 4.75. The maximum Gasteiger partial charge on any atom is 0.146 e. The monoisotopic (exact) mass is 295 g/mol. The second-order valence-electron chi connectivity index (χ2n) is 6.25. The van der Waals surface area contributed by atoms with Gasteiger partial charge in [-0.3, -0.25) is 0 Å². The Balaban J connectivity index is 1.72. The highest BCUT2D eigenvalue weighted by molar-refractivity contribution is 5.47. The quantitative estimate of drug-likeness (QED) is 0.844. The Kier molecular flexibility index (Phi) is 6.00. The molecule has 21 heavy (non-hydrogen) atoms. The van der Waals surface area contributed by atoms with Crippen molar-refractivity contribution in [3.63, 3.8) is 0 Å². The van der Waals surface area contributed by atoms with Gasteiger partial charge in [0.25, 0.3) is 0 Å². The fourth-order valence-corrected chi connectivity index (χ4v) is 2.84. The largest absolute Gasteiger partial charge is 0.389 e. The third-order valence-corrected chi connectivity index (χ3v) is 4.06. The van der Waals surface area contributed by atoms with Gasteiger partial charge in [-0.05, 0) is 43.4 Å². The van der Waals surface area contributed by atoms with Crippen LogP contribution in [0.4, 0.5) is 10.1 Å². The van der Waals surface area contributed by atoms with E-state index in [-0.39, 0.29) is 11.9 Å². The van der Waals surface area contributed by atoms with Crippen molar-refractivity contribution in [2.24, 2.45) is 5.92 Å². The van der Waals surface area contributed by atoms with E-state index >= 15 is 0 Å². The van der Waals surface area contributed by atoms with Crippen LogP contribution in [0.3, 0.4) is 0 Å². The van der Waals surface area contributed by atoms with Crippen LogP contribution < -0.4 is 5.32 Å². The molecule has 0 radical (unpaired) electrons. The summed E-state index contributed by atoms with van der Waals surface area (Å²) >= 11 is 0. The molecule has 1 fully saturated rings. The van der Waals surface area contributed by atoms with Gasteiger partial charge in [0, 0.05) is 6.54 Å². The SMILES string of the molecule is Cc1ccc(F)c(NCC(O)COC2CCCC(C)C2)c1. The van der Waals surface area contributed by atoms with Gasteiger partial charge in [-0.1, -0.05) is 25.8 Å². The minimum Gasteiger partial charge on any atom is -0.389 e. The van der Waals surface area contributed by atoms with Crippen LogP contribution in [0, 0.1) is 18.7 Å². The van der Waals surface area contributed by atoms with Crippen LogP contribution in [0.2, 0.25) is 0 Å². The summed E-state index contributed by atoms with van der Waals surface area (Å²) in [5.41, 5.74) is 1.42. The van der Waals surface area contributed by atoms with Crippen LogP contribution in [0.15, 0.2) is 18.2 Å². The number of benzene rings is 1. The number of aryl methyl sites for hydroxylation is 1. The summed E-state index contributed by atoms with van der Waals surface area (Å²) in [5.74, 6) is 0.412. The molecule has 2 rings (SSSR count). The minimum atomic E-state index is -0.623. The summed E-state index contributed by atoms with van der Waals surface area (Å²) in [4.78, 5) is 0. The first-order chi connectivity index (χ1) is 10.0. The van der Waals surface area contributed by atoms with Crippen molar-refractivity contribution in [3.8, 4) is 0 Å². The number of halogens is 1. The molecular formula is C17H26FNO2. The predicted molar refractivity (Wildman–Crippen MR) is 83.0 cm³/mol. The van der Waals surface area contributed by atoms with E-state index in [9.17, 15) is 9.50 Å². The highest BCUT2D eigenvalue weighted by Crippen LogP contribution is 2.25. The first kappa shape index (κ1) is 16.2. The molecule has 0 aliphatic heterocycles. The van der Waals surface area contributed by atoms with Crippen LogP contribution in [0.25, 0.3) is 0 Å². The van der Waals surface area contributed by atoms with Crippen LogP contribution in [0.5, 0.6) is 0 Å². The van der Waals surface area contributed by atoms with Crippen molar-refractivity contribution in [1.82, 2.24) is 0 Å². The van der Waals surface area contributed by atoms with E-state index in [1.54, 1.807) is 12.1 Å². The van der Waals surface area contributed by atoms with Crippen molar-refractivity contribution < 1.29 is 14.2 Å². The lowest BCUT2D eigenvalue weighted by molar-refractivity contribution is -0.0274. The molecular weight excluding hydrogens is 269 g/mol. The van der Waals surface area contributed by atoms with Gasteiger partial charge in [-0.15, -0.1) is 0 Å². The average Bonchev–Trinajstić information content (AvgIpc) is 2.46. The molecule has 1 aliphatic carbocycles. The molecule has 0 aromatic heterocycles. The Morgan fingerprint density at radius 2 is 2.24 bits per heavy atom. The topological polar surface area (TPSA) is 41.5 Å². The van der Waals surface area contributed by atoms with Crippen LogP contribution in [-0.2, 0) is 4.74 Å². The maximum atomic E-state index is 13.6. The zero-order valence-electron chi connectivity index (χ0n) is 12.9. The van der Waals surface area contributed by atoms with E-state index in [2.05, 4.69) is 12.2 Å². The smallest absolute Gasteiger partial charge is 0.146 e. The van der Waals surface area contributed by atoms with Gasteiger partial charge in [0.1, 0.15) is 5.82 Å². The molecule has 1 saturated carbocycles. The maximum absolute atomic E-state index is 13.6. The molecule has 1 aliphatic rings. The molecule has 3 atom stereocenters. The zero-order valence-corrected chi connectivity index (χ0v) is 12.9. The number of rotatable bonds is 6. The fourth-order valence-electron chi connectivity index (χ4n) is 2.84. The summed E-state index contributed by atoms with van der Waals surface area (Å²) in [5, 5.41) is 12.9. The number of anilines is 1. The molecule has 3 nitrogen and oxygen atoms in total. The van der Waals surface area contributed by atoms with Gasteiger partial charge in [-0.2, -0.15) is 0 Å². The number of ether oxygens (including phenoxy) is 1. The van der Waals surface area contributed by atoms with E-state index in [1.165, 1.54) is 18.9 Å². The summed E-state index contributed by atoms with van der Waals surface area (Å²) in [7, 11) is 0. The van der Waals surface area contributed by atoms with E-state index < -0.39 is 6.10 Å². The first-order valence-electron chi connectivity index (χ1n) is 7.84. The number of hydrogen-bond acceptors (Lipinski definition) is 3. The molecule has 1 aromatic carbocycles. The molecule has 0 amide bonds. The third-order valence-electron chi connectivity index (χ3n) is 4.06. The van der Waals surface area contributed by atoms with Crippen molar-refractivity contribution >= 4 is 5.69 Å². The van der Waals surface area contributed by atoms with Gasteiger partial charge in [0.2, 0.25) is 0 Å². The zero-order chi connectivity index (χ0) is 15.2. The van der Waals surface area contributed by atoms with Gasteiger partial charge < -0.3 is 15.2 Å². The van der Waals surface area contributed by atoms with Crippen molar-refractivity contribution in [1.29, 1.82) is 0 Å². The lowest BCUT2D eigenvalue weighted by atomic mass is 9.89. The Morgan fingerprint density at radius 3 is 3.00 bits per heavy atom. The molecule has 0 saturated heterocycles. The number of hydrogen-bond donors (Lipinski definition) is 2. The Bertz CT molecular complexity index is 452. The van der Waals surface area contributed by atoms with Gasteiger partial charge >= 0.3 is 0 Å². The molecule has 1 aromatic rings. The van der Waals surface area contributed by atoms with Crippen molar-refractivity contribution in [2.75, 3.05) is 18.5 Å². The minimum absolute atomic E-state index is 0.263. The molecule has 0 spiro atoms. The van der Waals surface area contributed by atoms with Crippen LogP contribution in [0.1, 0.15) is 38.2 Å². The Hall–Kier alpha value is -1.13. The normalized spacial score (nSPS) is 23.8. The second kappa shape index (κ2) is 7.76. The molecule has 4 heteroatoms. The summed E-state index contributed by atoms with van der Waals surface area (Å²) < 4.78 is 19.3. The van der Waals surface area contributed by atoms with Gasteiger partial charge in [-0.25, -0.2) is 4.39 Å². The average molecular weight is 295 g/mol. The highest BCUT2D eigenvalue weighted by Gasteiger charge is 2.20. The van der Waals surface area contributed by atoms with Crippen molar-refractivity contribution in [3.05, 3.63) is 29.6 Å². The van der Waals surface area contributed by atoms with E-state index in [0.29, 0.717) is 24.8 Å². The van der Waals surface area contributed by atoms with E-state index in [0.717, 1.165) is 18.4 Å². The predicted octanol–water partition coefficient (Wildman–Crippen LogP) is 3.50. The Morgan fingerprint density at radius 1 is 1.43 bits per heavy atom. The number of aliphatic hydroxyl groups excluding tert-OH is 1. The summed E-state index contributed by atoms with van der Waals surface area (Å²) in [6.07, 6.45) is 4.27. The molecule has 2 N–H and O–H groups in total. The highest BCUT2D eigenvalue weighted by atomic mass is 19.1. The summed E-state index contributed by atoms with van der Waals surface area (Å²) in [6, 6.07) is 4.90. The molecule has 0 bridgehead atoms. The third kappa shape index (κ3) is 5.29.